The standard InChI is InChI=1S/C19H23N5O4/c20-19(6-2-7-19)17-22-16(28-23-17)13-3-1-8-24(13)18(25)21-12-4-5-14-15(11-12)27-10-9-26-14/h4-5,11,13H,1-3,6-10,20H2,(H,21,25)/t13-/m0/s1. The van der Waals surface area contributed by atoms with Crippen LogP contribution in [0.1, 0.15) is 49.9 Å². The van der Waals surface area contributed by atoms with Crippen LogP contribution in [0.3, 0.4) is 0 Å². The van der Waals surface area contributed by atoms with Crippen molar-refractivity contribution in [1.29, 1.82) is 0 Å². The number of nitrogens with one attached hydrogen (secondary N) is 1. The fourth-order valence-corrected chi connectivity index (χ4v) is 3.94. The van der Waals surface area contributed by atoms with Crippen molar-refractivity contribution >= 4 is 11.7 Å². The van der Waals surface area contributed by atoms with Crippen molar-refractivity contribution in [1.82, 2.24) is 15.0 Å². The van der Waals surface area contributed by atoms with Crippen molar-refractivity contribution in [3.8, 4) is 11.5 Å². The molecule has 3 aliphatic rings. The van der Waals surface area contributed by atoms with Crippen LogP contribution in [0.2, 0.25) is 0 Å². The molecule has 2 aromatic rings. The maximum absolute atomic E-state index is 12.9. The molecule has 28 heavy (non-hydrogen) atoms. The highest BCUT2D eigenvalue weighted by molar-refractivity contribution is 5.90. The van der Waals surface area contributed by atoms with E-state index >= 15 is 0 Å². The van der Waals surface area contributed by atoms with Gasteiger partial charge in [0.15, 0.2) is 17.3 Å². The summed E-state index contributed by atoms with van der Waals surface area (Å²) in [7, 11) is 0. The van der Waals surface area contributed by atoms with Gasteiger partial charge in [0.2, 0.25) is 5.89 Å². The van der Waals surface area contributed by atoms with Gasteiger partial charge in [-0.25, -0.2) is 4.79 Å². The molecule has 9 nitrogen and oxygen atoms in total. The lowest BCUT2D eigenvalue weighted by atomic mass is 9.77. The van der Waals surface area contributed by atoms with Crippen molar-refractivity contribution < 1.29 is 18.8 Å². The van der Waals surface area contributed by atoms with Gasteiger partial charge in [0.1, 0.15) is 19.3 Å². The zero-order chi connectivity index (χ0) is 19.1. The Balaban J connectivity index is 1.30. The summed E-state index contributed by atoms with van der Waals surface area (Å²) in [6, 6.07) is 4.94. The third-order valence-corrected chi connectivity index (χ3v) is 5.73. The molecule has 3 N–H and O–H groups in total. The van der Waals surface area contributed by atoms with E-state index in [0.29, 0.717) is 48.7 Å². The van der Waals surface area contributed by atoms with Crippen LogP contribution in [0.4, 0.5) is 10.5 Å². The van der Waals surface area contributed by atoms with E-state index in [1.54, 1.807) is 23.1 Å². The van der Waals surface area contributed by atoms with Crippen molar-refractivity contribution in [2.24, 2.45) is 5.73 Å². The van der Waals surface area contributed by atoms with E-state index in [-0.39, 0.29) is 12.1 Å². The van der Waals surface area contributed by atoms with Crippen LogP contribution in [-0.2, 0) is 5.54 Å². The number of amides is 2. The lowest BCUT2D eigenvalue weighted by molar-refractivity contribution is 0.171. The molecule has 2 amide bonds. The number of nitrogens with zero attached hydrogens (tertiary/aromatic N) is 3. The van der Waals surface area contributed by atoms with E-state index in [4.69, 9.17) is 19.7 Å². The van der Waals surface area contributed by atoms with Crippen LogP contribution < -0.4 is 20.5 Å². The summed E-state index contributed by atoms with van der Waals surface area (Å²) in [5, 5.41) is 7.01. The fourth-order valence-electron chi connectivity index (χ4n) is 3.94. The maximum atomic E-state index is 12.9. The lowest BCUT2D eigenvalue weighted by Gasteiger charge is -2.34. The van der Waals surface area contributed by atoms with Gasteiger partial charge in [-0.1, -0.05) is 5.16 Å². The van der Waals surface area contributed by atoms with Crippen LogP contribution in [0, 0.1) is 0 Å². The molecule has 0 bridgehead atoms. The Hall–Kier alpha value is -2.81. The second kappa shape index (κ2) is 6.66. The minimum absolute atomic E-state index is 0.204. The van der Waals surface area contributed by atoms with Gasteiger partial charge in [-0.3, -0.25) is 0 Å². The number of hydrogen-bond donors (Lipinski definition) is 2. The molecule has 2 aliphatic heterocycles. The largest absolute Gasteiger partial charge is 0.486 e. The molecule has 1 saturated heterocycles. The molecular formula is C19H23N5O4. The van der Waals surface area contributed by atoms with Gasteiger partial charge in [-0.05, 0) is 44.2 Å². The third kappa shape index (κ3) is 2.95. The minimum Gasteiger partial charge on any atom is -0.486 e. The lowest BCUT2D eigenvalue weighted by Crippen LogP contribution is -2.44. The quantitative estimate of drug-likeness (QED) is 0.834. The zero-order valence-electron chi connectivity index (χ0n) is 15.5. The van der Waals surface area contributed by atoms with Crippen molar-refractivity contribution in [2.45, 2.75) is 43.7 Å². The van der Waals surface area contributed by atoms with Gasteiger partial charge >= 0.3 is 6.03 Å². The Bertz CT molecular complexity index is 894. The Kier molecular flexibility index (Phi) is 4.12. The number of fused-ring (bicyclic) bond motifs is 1. The molecule has 9 heteroatoms. The normalized spacial score (nSPS) is 22.6. The predicted octanol–water partition coefficient (Wildman–Crippen LogP) is 2.55. The first-order valence-corrected chi connectivity index (χ1v) is 9.73. The number of nitrogens with two attached hydrogens (primary N) is 1. The molecular weight excluding hydrogens is 362 g/mol. The number of carbonyl (C=O) groups is 1. The Morgan fingerprint density at radius 3 is 2.82 bits per heavy atom. The summed E-state index contributed by atoms with van der Waals surface area (Å²) >= 11 is 0. The SMILES string of the molecule is NC1(c2noc([C@@H]3CCCN3C(=O)Nc3ccc4c(c3)OCCO4)n2)CCC1. The molecule has 5 rings (SSSR count). The number of anilines is 1. The number of ether oxygens (including phenoxy) is 2. The molecule has 148 valence electrons. The average Bonchev–Trinajstić information content (AvgIpc) is 3.35. The molecule has 1 aromatic carbocycles. The van der Waals surface area contributed by atoms with Gasteiger partial charge in [-0.15, -0.1) is 0 Å². The molecule has 0 unspecified atom stereocenters. The van der Waals surface area contributed by atoms with E-state index in [1.807, 2.05) is 0 Å². The number of hydrogen-bond acceptors (Lipinski definition) is 7. The van der Waals surface area contributed by atoms with Crippen LogP contribution >= 0.6 is 0 Å². The minimum atomic E-state index is -0.474. The summed E-state index contributed by atoms with van der Waals surface area (Å²) in [5.41, 5.74) is 6.47. The topological polar surface area (TPSA) is 116 Å². The van der Waals surface area contributed by atoms with Crippen LogP contribution in [0.15, 0.2) is 22.7 Å². The van der Waals surface area contributed by atoms with Gasteiger partial charge in [-0.2, -0.15) is 4.98 Å². The van der Waals surface area contributed by atoms with Gasteiger partial charge in [0, 0.05) is 18.3 Å². The predicted molar refractivity (Wildman–Crippen MR) is 99.1 cm³/mol. The molecule has 3 heterocycles. The molecule has 1 aliphatic carbocycles. The van der Waals surface area contributed by atoms with Gasteiger partial charge in [0.05, 0.1) is 5.54 Å². The van der Waals surface area contributed by atoms with E-state index < -0.39 is 5.54 Å². The highest BCUT2D eigenvalue weighted by atomic mass is 16.6. The average molecular weight is 385 g/mol. The van der Waals surface area contributed by atoms with Crippen LogP contribution in [-0.4, -0.2) is 40.8 Å². The monoisotopic (exact) mass is 385 g/mol. The molecule has 0 spiro atoms. The second-order valence-electron chi connectivity index (χ2n) is 7.61. The van der Waals surface area contributed by atoms with Crippen LogP contribution in [0.25, 0.3) is 0 Å². The van der Waals surface area contributed by atoms with Gasteiger partial charge < -0.3 is 29.9 Å². The van der Waals surface area contributed by atoms with Crippen molar-refractivity contribution in [2.75, 3.05) is 25.1 Å². The highest BCUT2D eigenvalue weighted by Crippen LogP contribution is 2.39. The summed E-state index contributed by atoms with van der Waals surface area (Å²) in [5.74, 6) is 2.33. The van der Waals surface area contributed by atoms with E-state index in [1.165, 1.54) is 0 Å². The first kappa shape index (κ1) is 17.3. The first-order chi connectivity index (χ1) is 13.6. The molecule has 1 saturated carbocycles. The molecule has 1 aromatic heterocycles. The summed E-state index contributed by atoms with van der Waals surface area (Å²) in [6.07, 6.45) is 4.47. The number of aromatic nitrogens is 2. The highest BCUT2D eigenvalue weighted by Gasteiger charge is 2.41. The van der Waals surface area contributed by atoms with E-state index in [0.717, 1.165) is 32.1 Å². The number of carbonyl (C=O) groups excluding carboxylic acids is 1. The second-order valence-corrected chi connectivity index (χ2v) is 7.61. The van der Waals surface area contributed by atoms with Crippen molar-refractivity contribution in [3.63, 3.8) is 0 Å². The Morgan fingerprint density at radius 2 is 2.04 bits per heavy atom. The number of benzene rings is 1. The Morgan fingerprint density at radius 1 is 1.21 bits per heavy atom. The number of likely N-dealkylation sites (tertiary alicyclic amines) is 1. The first-order valence-electron chi connectivity index (χ1n) is 9.73. The molecule has 1 atom stereocenters. The smallest absolute Gasteiger partial charge is 0.322 e. The van der Waals surface area contributed by atoms with E-state index in [9.17, 15) is 4.79 Å². The summed E-state index contributed by atoms with van der Waals surface area (Å²) in [6.45, 7) is 1.66. The molecule has 0 radical (unpaired) electrons. The third-order valence-electron chi connectivity index (χ3n) is 5.73. The van der Waals surface area contributed by atoms with Gasteiger partial charge in [0.25, 0.3) is 0 Å². The fraction of sp³-hybridized carbons (Fsp3) is 0.526. The Labute approximate surface area is 162 Å². The summed E-state index contributed by atoms with van der Waals surface area (Å²) < 4.78 is 16.6. The van der Waals surface area contributed by atoms with E-state index in [2.05, 4.69) is 15.5 Å². The number of rotatable bonds is 3. The van der Waals surface area contributed by atoms with Crippen LogP contribution in [0.5, 0.6) is 11.5 Å². The molecule has 2 fully saturated rings. The summed E-state index contributed by atoms with van der Waals surface area (Å²) in [4.78, 5) is 19.1. The zero-order valence-corrected chi connectivity index (χ0v) is 15.5. The number of urea groups is 1. The maximum Gasteiger partial charge on any atom is 0.322 e. The van der Waals surface area contributed by atoms with Crippen molar-refractivity contribution in [3.05, 3.63) is 29.9 Å².